The third kappa shape index (κ3) is 3.85. The number of rotatable bonds is 4. The summed E-state index contributed by atoms with van der Waals surface area (Å²) in [6.45, 7) is 4.12. The van der Waals surface area contributed by atoms with Gasteiger partial charge in [-0.15, -0.1) is 11.8 Å². The van der Waals surface area contributed by atoms with E-state index in [0.29, 0.717) is 5.75 Å². The molecule has 5 heteroatoms. The van der Waals surface area contributed by atoms with Crippen molar-refractivity contribution in [2.24, 2.45) is 0 Å². The molecule has 0 aliphatic rings. The summed E-state index contributed by atoms with van der Waals surface area (Å²) in [5.41, 5.74) is 3.38. The van der Waals surface area contributed by atoms with Crippen molar-refractivity contribution in [2.45, 2.75) is 24.5 Å². The Morgan fingerprint density at radius 1 is 1.05 bits per heavy atom. The third-order valence-electron chi connectivity index (χ3n) is 3.16. The Kier molecular flexibility index (Phi) is 4.86. The van der Waals surface area contributed by atoms with Gasteiger partial charge in [-0.25, -0.2) is 4.39 Å². The van der Waals surface area contributed by atoms with Crippen LogP contribution in [-0.4, -0.2) is 17.2 Å². The lowest BCUT2D eigenvalue weighted by Crippen LogP contribution is -2.30. The van der Waals surface area contributed by atoms with E-state index in [1.54, 1.807) is 17.8 Å². The quantitative estimate of drug-likeness (QED) is 0.671. The molecular weight excluding hydrogens is 274 g/mol. The fourth-order valence-corrected chi connectivity index (χ4v) is 2.80. The van der Waals surface area contributed by atoms with Gasteiger partial charge >= 0.3 is 7.12 Å². The van der Waals surface area contributed by atoms with Gasteiger partial charge in [0.25, 0.3) is 0 Å². The van der Waals surface area contributed by atoms with E-state index in [9.17, 15) is 4.39 Å². The Labute approximate surface area is 122 Å². The Hall–Kier alpha value is -1.30. The van der Waals surface area contributed by atoms with Crippen LogP contribution in [0, 0.1) is 19.7 Å². The number of aryl methyl sites for hydroxylation is 2. The number of halogens is 1. The van der Waals surface area contributed by atoms with Gasteiger partial charge in [0.1, 0.15) is 5.82 Å². The Bertz CT molecular complexity index is 617. The molecule has 2 N–H and O–H groups in total. The van der Waals surface area contributed by atoms with Crippen molar-refractivity contribution in [3.8, 4) is 0 Å². The number of thioether (sulfide) groups is 1. The van der Waals surface area contributed by atoms with Crippen molar-refractivity contribution in [2.75, 3.05) is 0 Å². The molecule has 0 heterocycles. The molecule has 2 aromatic rings. The third-order valence-corrected chi connectivity index (χ3v) is 4.23. The van der Waals surface area contributed by atoms with Crippen LogP contribution in [0.5, 0.6) is 0 Å². The van der Waals surface area contributed by atoms with Crippen LogP contribution in [0.3, 0.4) is 0 Å². The molecule has 0 aromatic heterocycles. The van der Waals surface area contributed by atoms with Gasteiger partial charge in [-0.05, 0) is 60.3 Å². The molecule has 0 saturated heterocycles. The first kappa shape index (κ1) is 15.1. The maximum Gasteiger partial charge on any atom is 0.488 e. The molecule has 0 unspecified atom stereocenters. The standard InChI is InChI=1S/C15H16BFO2S/c1-10-3-4-15(5-11(10)2)20-9-12-6-13(16(18)19)8-14(17)7-12/h3-8,18-19H,9H2,1-2H3. The van der Waals surface area contributed by atoms with Crippen LogP contribution < -0.4 is 5.46 Å². The maximum atomic E-state index is 13.4. The van der Waals surface area contributed by atoms with Crippen LogP contribution in [0.25, 0.3) is 0 Å². The van der Waals surface area contributed by atoms with Crippen LogP contribution in [0.2, 0.25) is 0 Å². The molecule has 0 radical (unpaired) electrons. The van der Waals surface area contributed by atoms with E-state index < -0.39 is 12.9 Å². The van der Waals surface area contributed by atoms with Crippen molar-refractivity contribution in [1.29, 1.82) is 0 Å². The van der Waals surface area contributed by atoms with E-state index in [1.165, 1.54) is 17.2 Å². The Morgan fingerprint density at radius 2 is 1.80 bits per heavy atom. The highest BCUT2D eigenvalue weighted by molar-refractivity contribution is 7.98. The van der Waals surface area contributed by atoms with Crippen LogP contribution in [-0.2, 0) is 5.75 Å². The summed E-state index contributed by atoms with van der Waals surface area (Å²) < 4.78 is 13.4. The smallest absolute Gasteiger partial charge is 0.423 e. The van der Waals surface area contributed by atoms with Gasteiger partial charge in [-0.2, -0.15) is 0 Å². The summed E-state index contributed by atoms with van der Waals surface area (Å²) in [6.07, 6.45) is 0. The van der Waals surface area contributed by atoms with Crippen LogP contribution in [0.4, 0.5) is 4.39 Å². The fourth-order valence-electron chi connectivity index (χ4n) is 1.88. The van der Waals surface area contributed by atoms with Crippen molar-refractivity contribution in [3.63, 3.8) is 0 Å². The lowest BCUT2D eigenvalue weighted by atomic mass is 9.79. The second-order valence-electron chi connectivity index (χ2n) is 4.80. The first-order chi connectivity index (χ1) is 9.45. The van der Waals surface area contributed by atoms with Gasteiger partial charge in [0.05, 0.1) is 0 Å². The minimum absolute atomic E-state index is 0.181. The molecule has 2 nitrogen and oxygen atoms in total. The van der Waals surface area contributed by atoms with Gasteiger partial charge < -0.3 is 10.0 Å². The SMILES string of the molecule is Cc1ccc(SCc2cc(F)cc(B(O)O)c2)cc1C. The fraction of sp³-hybridized carbons (Fsp3) is 0.200. The molecule has 2 aromatic carbocycles. The maximum absolute atomic E-state index is 13.4. The molecule has 0 aliphatic heterocycles. The number of hydrogen-bond acceptors (Lipinski definition) is 3. The van der Waals surface area contributed by atoms with Gasteiger partial charge in [0, 0.05) is 10.6 Å². The summed E-state index contributed by atoms with van der Waals surface area (Å²) in [7, 11) is -1.64. The summed E-state index contributed by atoms with van der Waals surface area (Å²) in [5.74, 6) is 0.131. The molecule has 0 amide bonds. The van der Waals surface area contributed by atoms with Crippen molar-refractivity contribution < 1.29 is 14.4 Å². The molecule has 2 rings (SSSR count). The number of benzene rings is 2. The summed E-state index contributed by atoms with van der Waals surface area (Å²) >= 11 is 1.60. The van der Waals surface area contributed by atoms with Crippen LogP contribution >= 0.6 is 11.8 Å². The molecule has 0 saturated carbocycles. The second kappa shape index (κ2) is 6.44. The molecule has 0 atom stereocenters. The molecule has 0 fully saturated rings. The molecular formula is C15H16BFO2S. The first-order valence-electron chi connectivity index (χ1n) is 6.31. The topological polar surface area (TPSA) is 40.5 Å². The molecule has 104 valence electrons. The van der Waals surface area contributed by atoms with Crippen molar-refractivity contribution >= 4 is 24.3 Å². The largest absolute Gasteiger partial charge is 0.488 e. The molecule has 0 aliphatic carbocycles. The Morgan fingerprint density at radius 3 is 2.45 bits per heavy atom. The highest BCUT2D eigenvalue weighted by Crippen LogP contribution is 2.24. The van der Waals surface area contributed by atoms with E-state index in [-0.39, 0.29) is 5.46 Å². The highest BCUT2D eigenvalue weighted by Gasteiger charge is 2.13. The summed E-state index contributed by atoms with van der Waals surface area (Å²) in [4.78, 5) is 1.11. The van der Waals surface area contributed by atoms with Gasteiger partial charge in [-0.1, -0.05) is 12.1 Å². The summed E-state index contributed by atoms with van der Waals surface area (Å²) in [5, 5.41) is 18.2. The summed E-state index contributed by atoms with van der Waals surface area (Å²) in [6, 6.07) is 10.4. The average Bonchev–Trinajstić information content (AvgIpc) is 2.39. The zero-order chi connectivity index (χ0) is 14.7. The lowest BCUT2D eigenvalue weighted by Gasteiger charge is -2.07. The normalized spacial score (nSPS) is 10.7. The first-order valence-corrected chi connectivity index (χ1v) is 7.30. The molecule has 0 spiro atoms. The van der Waals surface area contributed by atoms with E-state index in [2.05, 4.69) is 26.0 Å². The predicted octanol–water partition coefficient (Wildman–Crippen LogP) is 2.41. The van der Waals surface area contributed by atoms with E-state index in [0.717, 1.165) is 16.5 Å². The van der Waals surface area contributed by atoms with Gasteiger partial charge in [0.2, 0.25) is 0 Å². The van der Waals surface area contributed by atoms with Crippen molar-refractivity contribution in [1.82, 2.24) is 0 Å². The highest BCUT2D eigenvalue weighted by atomic mass is 32.2. The number of hydrogen-bond donors (Lipinski definition) is 2. The second-order valence-corrected chi connectivity index (χ2v) is 5.85. The molecule has 0 bridgehead atoms. The van der Waals surface area contributed by atoms with Crippen LogP contribution in [0.15, 0.2) is 41.3 Å². The average molecular weight is 290 g/mol. The minimum atomic E-state index is -1.64. The van der Waals surface area contributed by atoms with Gasteiger partial charge in [0.15, 0.2) is 0 Å². The monoisotopic (exact) mass is 290 g/mol. The minimum Gasteiger partial charge on any atom is -0.423 e. The van der Waals surface area contributed by atoms with Crippen molar-refractivity contribution in [3.05, 3.63) is 58.9 Å². The Balaban J connectivity index is 2.12. The van der Waals surface area contributed by atoms with E-state index >= 15 is 0 Å². The van der Waals surface area contributed by atoms with Crippen LogP contribution in [0.1, 0.15) is 16.7 Å². The lowest BCUT2D eigenvalue weighted by molar-refractivity contribution is 0.425. The zero-order valence-electron chi connectivity index (χ0n) is 11.4. The predicted molar refractivity (Wildman–Crippen MR) is 81.7 cm³/mol. The molecule has 20 heavy (non-hydrogen) atoms. The van der Waals surface area contributed by atoms with E-state index in [1.807, 2.05) is 6.07 Å². The van der Waals surface area contributed by atoms with Gasteiger partial charge in [-0.3, -0.25) is 0 Å². The zero-order valence-corrected chi connectivity index (χ0v) is 12.2. The van der Waals surface area contributed by atoms with E-state index in [4.69, 9.17) is 10.0 Å².